The topological polar surface area (TPSA) is 112 Å². The summed E-state index contributed by atoms with van der Waals surface area (Å²) < 4.78 is 0. The molecule has 0 saturated carbocycles. The lowest BCUT2D eigenvalue weighted by Gasteiger charge is -2.19. The van der Waals surface area contributed by atoms with Gasteiger partial charge in [-0.25, -0.2) is 14.8 Å². The molecule has 112 valence electrons. The normalized spacial score (nSPS) is 15.4. The van der Waals surface area contributed by atoms with Gasteiger partial charge in [0.2, 0.25) is 11.8 Å². The molecule has 8 heteroatoms. The van der Waals surface area contributed by atoms with Crippen LogP contribution in [0.25, 0.3) is 0 Å². The number of amides is 2. The van der Waals surface area contributed by atoms with E-state index >= 15 is 0 Å². The average molecular weight is 292 g/mol. The molecule has 0 unspecified atom stereocenters. The highest BCUT2D eigenvalue weighted by molar-refractivity contribution is 5.99. The highest BCUT2D eigenvalue weighted by Gasteiger charge is 2.21. The number of carboxylic acid groups (broad SMARTS) is 1. The molecule has 0 aromatic carbocycles. The van der Waals surface area contributed by atoms with Crippen LogP contribution in [0.15, 0.2) is 12.4 Å². The summed E-state index contributed by atoms with van der Waals surface area (Å²) in [6.07, 6.45) is 5.64. The van der Waals surface area contributed by atoms with Crippen LogP contribution in [0, 0.1) is 0 Å². The third-order valence-electron chi connectivity index (χ3n) is 3.16. The zero-order chi connectivity index (χ0) is 15.2. The van der Waals surface area contributed by atoms with Gasteiger partial charge in [-0.3, -0.25) is 9.59 Å². The van der Waals surface area contributed by atoms with Gasteiger partial charge in [0.1, 0.15) is 0 Å². The quantitative estimate of drug-likeness (QED) is 0.836. The maximum Gasteiger partial charge on any atom is 0.358 e. The van der Waals surface area contributed by atoms with Crippen LogP contribution in [0.4, 0.5) is 5.82 Å². The number of likely N-dealkylation sites (tertiary alicyclic amines) is 1. The Morgan fingerprint density at radius 1 is 1.24 bits per heavy atom. The molecule has 1 aromatic heterocycles. The van der Waals surface area contributed by atoms with Crippen molar-refractivity contribution in [1.82, 2.24) is 14.9 Å². The van der Waals surface area contributed by atoms with Crippen molar-refractivity contribution in [1.29, 1.82) is 0 Å². The number of carbonyl (C=O) groups excluding carboxylic acids is 2. The molecule has 1 aliphatic heterocycles. The maximum atomic E-state index is 11.9. The molecular formula is C13H16N4O4. The minimum Gasteiger partial charge on any atom is -0.476 e. The first-order valence-electron chi connectivity index (χ1n) is 6.70. The van der Waals surface area contributed by atoms with Gasteiger partial charge in [0.25, 0.3) is 0 Å². The third-order valence-corrected chi connectivity index (χ3v) is 3.16. The molecule has 2 N–H and O–H groups in total. The fourth-order valence-electron chi connectivity index (χ4n) is 2.14. The van der Waals surface area contributed by atoms with Gasteiger partial charge >= 0.3 is 5.97 Å². The number of nitrogens with zero attached hydrogens (tertiary/aromatic N) is 3. The summed E-state index contributed by atoms with van der Waals surface area (Å²) in [5.41, 5.74) is -0.326. The molecule has 0 radical (unpaired) electrons. The predicted octanol–water partition coefficient (Wildman–Crippen LogP) is 0.516. The number of nitrogens with one attached hydrogen (secondary N) is 1. The summed E-state index contributed by atoms with van der Waals surface area (Å²) in [4.78, 5) is 43.6. The molecular weight excluding hydrogens is 276 g/mol. The lowest BCUT2D eigenvalue weighted by atomic mass is 10.2. The van der Waals surface area contributed by atoms with Crippen LogP contribution in [0.1, 0.15) is 36.2 Å². The van der Waals surface area contributed by atoms with Gasteiger partial charge in [0.05, 0.1) is 6.54 Å². The molecule has 2 rings (SSSR count). The van der Waals surface area contributed by atoms with Gasteiger partial charge in [-0.1, -0.05) is 6.42 Å². The first-order chi connectivity index (χ1) is 10.1. The molecule has 8 nitrogen and oxygen atoms in total. The molecule has 0 atom stereocenters. The van der Waals surface area contributed by atoms with Gasteiger partial charge in [-0.05, 0) is 12.8 Å². The fraction of sp³-hybridized carbons (Fsp3) is 0.462. The Bertz CT molecular complexity index is 561. The van der Waals surface area contributed by atoms with E-state index in [9.17, 15) is 14.4 Å². The van der Waals surface area contributed by atoms with Gasteiger partial charge in [-0.15, -0.1) is 0 Å². The summed E-state index contributed by atoms with van der Waals surface area (Å²) in [5, 5.41) is 11.4. The van der Waals surface area contributed by atoms with Crippen LogP contribution in [0.5, 0.6) is 0 Å². The second kappa shape index (κ2) is 6.78. The van der Waals surface area contributed by atoms with Crippen LogP contribution in [0.2, 0.25) is 0 Å². The Morgan fingerprint density at radius 3 is 2.76 bits per heavy atom. The van der Waals surface area contributed by atoms with Crippen molar-refractivity contribution in [2.24, 2.45) is 0 Å². The van der Waals surface area contributed by atoms with Gasteiger partial charge < -0.3 is 15.3 Å². The number of anilines is 1. The summed E-state index contributed by atoms with van der Waals surface area (Å²) in [7, 11) is 0. The van der Waals surface area contributed by atoms with Crippen molar-refractivity contribution in [3.8, 4) is 0 Å². The van der Waals surface area contributed by atoms with E-state index in [4.69, 9.17) is 5.11 Å². The minimum atomic E-state index is -1.27. The highest BCUT2D eigenvalue weighted by atomic mass is 16.4. The molecule has 21 heavy (non-hydrogen) atoms. The Balaban J connectivity index is 2.01. The molecule has 2 heterocycles. The Hall–Kier alpha value is -2.51. The van der Waals surface area contributed by atoms with Crippen LogP contribution >= 0.6 is 0 Å². The van der Waals surface area contributed by atoms with E-state index in [2.05, 4.69) is 15.3 Å². The van der Waals surface area contributed by atoms with Crippen molar-refractivity contribution in [2.45, 2.75) is 25.7 Å². The number of rotatable bonds is 4. The molecule has 1 fully saturated rings. The van der Waals surface area contributed by atoms with Crippen molar-refractivity contribution >= 4 is 23.6 Å². The first-order valence-corrected chi connectivity index (χ1v) is 6.70. The van der Waals surface area contributed by atoms with Crippen LogP contribution in [-0.4, -0.2) is 50.8 Å². The van der Waals surface area contributed by atoms with Crippen LogP contribution in [-0.2, 0) is 9.59 Å². The van der Waals surface area contributed by atoms with Crippen molar-refractivity contribution < 1.29 is 19.5 Å². The second-order valence-corrected chi connectivity index (χ2v) is 4.73. The summed E-state index contributed by atoms with van der Waals surface area (Å²) in [5.74, 6) is -1.92. The predicted molar refractivity (Wildman–Crippen MR) is 72.7 cm³/mol. The Morgan fingerprint density at radius 2 is 2.00 bits per heavy atom. The SMILES string of the molecule is O=C(CN1CCCCCC1=O)Nc1nccnc1C(=O)O. The van der Waals surface area contributed by atoms with E-state index in [-0.39, 0.29) is 24.0 Å². The molecule has 0 bridgehead atoms. The van der Waals surface area contributed by atoms with E-state index in [0.29, 0.717) is 13.0 Å². The standard InChI is InChI=1S/C13H16N4O4/c18-9(8-17-7-3-1-2-4-10(17)19)16-12-11(13(20)21)14-5-6-15-12/h5-6H,1-4,7-8H2,(H,20,21)(H,15,16,18). The lowest BCUT2D eigenvalue weighted by molar-refractivity contribution is -0.134. The zero-order valence-electron chi connectivity index (χ0n) is 11.4. The zero-order valence-corrected chi connectivity index (χ0v) is 11.4. The fourth-order valence-corrected chi connectivity index (χ4v) is 2.14. The maximum absolute atomic E-state index is 11.9. The molecule has 0 spiro atoms. The van der Waals surface area contributed by atoms with Crippen LogP contribution < -0.4 is 5.32 Å². The van der Waals surface area contributed by atoms with Crippen LogP contribution in [0.3, 0.4) is 0 Å². The lowest BCUT2D eigenvalue weighted by Crippen LogP contribution is -2.37. The summed E-state index contributed by atoms with van der Waals surface area (Å²) >= 11 is 0. The van der Waals surface area contributed by atoms with Crippen molar-refractivity contribution in [3.05, 3.63) is 18.1 Å². The number of hydrogen-bond acceptors (Lipinski definition) is 5. The molecule has 1 aromatic rings. The molecule has 0 aliphatic carbocycles. The second-order valence-electron chi connectivity index (χ2n) is 4.73. The van der Waals surface area contributed by atoms with E-state index in [1.807, 2.05) is 0 Å². The Kier molecular flexibility index (Phi) is 4.81. The molecule has 1 aliphatic rings. The highest BCUT2D eigenvalue weighted by Crippen LogP contribution is 2.12. The average Bonchev–Trinajstić information content (AvgIpc) is 2.64. The number of hydrogen-bond donors (Lipinski definition) is 2. The van der Waals surface area contributed by atoms with E-state index in [1.165, 1.54) is 17.3 Å². The Labute approximate surface area is 121 Å². The molecule has 2 amide bonds. The number of carbonyl (C=O) groups is 3. The molecule has 1 saturated heterocycles. The van der Waals surface area contributed by atoms with E-state index in [0.717, 1.165) is 19.3 Å². The monoisotopic (exact) mass is 292 g/mol. The summed E-state index contributed by atoms with van der Waals surface area (Å²) in [6, 6.07) is 0. The van der Waals surface area contributed by atoms with Gasteiger partial charge in [-0.2, -0.15) is 0 Å². The van der Waals surface area contributed by atoms with Gasteiger partial charge in [0.15, 0.2) is 11.5 Å². The smallest absolute Gasteiger partial charge is 0.358 e. The number of aromatic carboxylic acids is 1. The first kappa shape index (κ1) is 14.9. The summed E-state index contributed by atoms with van der Waals surface area (Å²) in [6.45, 7) is 0.437. The van der Waals surface area contributed by atoms with Crippen molar-refractivity contribution in [2.75, 3.05) is 18.4 Å². The third kappa shape index (κ3) is 3.98. The number of aromatic nitrogens is 2. The van der Waals surface area contributed by atoms with E-state index < -0.39 is 11.9 Å². The number of carboxylic acids is 1. The van der Waals surface area contributed by atoms with Crippen molar-refractivity contribution in [3.63, 3.8) is 0 Å². The van der Waals surface area contributed by atoms with Gasteiger partial charge in [0, 0.05) is 25.4 Å². The largest absolute Gasteiger partial charge is 0.476 e. The van der Waals surface area contributed by atoms with E-state index in [1.54, 1.807) is 0 Å². The minimum absolute atomic E-state index is 0.0553.